The average Bonchev–Trinajstić information content (AvgIpc) is 3.31. The zero-order valence-electron chi connectivity index (χ0n) is 17.7. The third kappa shape index (κ3) is 5.28. The van der Waals surface area contributed by atoms with Crippen LogP contribution < -0.4 is 5.32 Å². The Balaban J connectivity index is 1.52. The number of rotatable bonds is 6. The smallest absolute Gasteiger partial charge is 0.291 e. The number of carbonyl (C=O) groups excluding carboxylic acids is 2. The fraction of sp³-hybridized carbons (Fsp3) is 0.0769. The minimum atomic E-state index is -0.481. The lowest BCUT2D eigenvalue weighted by atomic mass is 10.1. The molecule has 3 aromatic carbocycles. The van der Waals surface area contributed by atoms with Crippen LogP contribution in [0.15, 0.2) is 89.3 Å². The van der Waals surface area contributed by atoms with Crippen molar-refractivity contribution in [3.05, 3.63) is 112 Å². The van der Waals surface area contributed by atoms with Gasteiger partial charge < -0.3 is 14.6 Å². The standard InChI is InChI=1S/C26H20Cl2N2O3/c1-30(16-17-7-3-2-4-8-17)26(32)19-9-5-6-10-22(19)29-25(31)24-14-13-23(33-24)20-15-18(27)11-12-21(20)28/h2-15H,16H2,1H3,(H,29,31). The van der Waals surface area contributed by atoms with Gasteiger partial charge in [0.05, 0.1) is 16.3 Å². The number of furan rings is 1. The lowest BCUT2D eigenvalue weighted by Crippen LogP contribution is -2.27. The highest BCUT2D eigenvalue weighted by Gasteiger charge is 2.20. The van der Waals surface area contributed by atoms with Crippen molar-refractivity contribution >= 4 is 40.7 Å². The molecule has 33 heavy (non-hydrogen) atoms. The second kappa shape index (κ2) is 9.94. The zero-order valence-corrected chi connectivity index (χ0v) is 19.2. The van der Waals surface area contributed by atoms with E-state index in [-0.39, 0.29) is 11.7 Å². The Labute approximate surface area is 201 Å². The lowest BCUT2D eigenvalue weighted by Gasteiger charge is -2.19. The van der Waals surface area contributed by atoms with Gasteiger partial charge in [0, 0.05) is 24.2 Å². The van der Waals surface area contributed by atoms with Crippen LogP contribution in [0.4, 0.5) is 5.69 Å². The van der Waals surface area contributed by atoms with Crippen molar-refractivity contribution in [3.63, 3.8) is 0 Å². The topological polar surface area (TPSA) is 62.6 Å². The van der Waals surface area contributed by atoms with Crippen molar-refractivity contribution in [3.8, 4) is 11.3 Å². The van der Waals surface area contributed by atoms with Crippen LogP contribution in [0.5, 0.6) is 0 Å². The van der Waals surface area contributed by atoms with Gasteiger partial charge in [-0.25, -0.2) is 0 Å². The minimum absolute atomic E-state index is 0.0842. The van der Waals surface area contributed by atoms with E-state index in [1.165, 1.54) is 0 Å². The first-order chi connectivity index (χ1) is 15.9. The van der Waals surface area contributed by atoms with E-state index in [1.54, 1.807) is 66.5 Å². The van der Waals surface area contributed by atoms with Gasteiger partial charge in [-0.15, -0.1) is 0 Å². The monoisotopic (exact) mass is 478 g/mol. The number of carbonyl (C=O) groups is 2. The summed E-state index contributed by atoms with van der Waals surface area (Å²) in [5.41, 5.74) is 2.37. The van der Waals surface area contributed by atoms with Gasteiger partial charge in [-0.2, -0.15) is 0 Å². The number of amides is 2. The predicted molar refractivity (Wildman–Crippen MR) is 131 cm³/mol. The summed E-state index contributed by atoms with van der Waals surface area (Å²) < 4.78 is 5.72. The van der Waals surface area contributed by atoms with Gasteiger partial charge >= 0.3 is 0 Å². The van der Waals surface area contributed by atoms with Crippen molar-refractivity contribution in [1.29, 1.82) is 0 Å². The summed E-state index contributed by atoms with van der Waals surface area (Å²) in [7, 11) is 1.72. The van der Waals surface area contributed by atoms with E-state index in [1.807, 2.05) is 30.3 Å². The Kier molecular flexibility index (Phi) is 6.82. The maximum absolute atomic E-state index is 13.1. The Morgan fingerprint density at radius 3 is 2.42 bits per heavy atom. The number of halogens is 2. The summed E-state index contributed by atoms with van der Waals surface area (Å²) in [4.78, 5) is 27.5. The largest absolute Gasteiger partial charge is 0.451 e. The van der Waals surface area contributed by atoms with Gasteiger partial charge in [0.2, 0.25) is 0 Å². The van der Waals surface area contributed by atoms with Gasteiger partial charge in [-0.3, -0.25) is 9.59 Å². The molecule has 1 heterocycles. The van der Waals surface area contributed by atoms with Crippen LogP contribution in [0.1, 0.15) is 26.5 Å². The first-order valence-electron chi connectivity index (χ1n) is 10.2. The highest BCUT2D eigenvalue weighted by molar-refractivity contribution is 6.35. The lowest BCUT2D eigenvalue weighted by molar-refractivity contribution is 0.0786. The Bertz CT molecular complexity index is 1300. The number of hydrogen-bond acceptors (Lipinski definition) is 3. The summed E-state index contributed by atoms with van der Waals surface area (Å²) >= 11 is 12.3. The van der Waals surface area contributed by atoms with E-state index in [9.17, 15) is 9.59 Å². The summed E-state index contributed by atoms with van der Waals surface area (Å²) in [5.74, 6) is -0.188. The Morgan fingerprint density at radius 1 is 0.909 bits per heavy atom. The molecule has 0 radical (unpaired) electrons. The molecule has 0 aliphatic heterocycles. The van der Waals surface area contributed by atoms with Crippen LogP contribution in [-0.2, 0) is 6.54 Å². The summed E-state index contributed by atoms with van der Waals surface area (Å²) in [6.07, 6.45) is 0. The normalized spacial score (nSPS) is 10.6. The first kappa shape index (κ1) is 22.6. The van der Waals surface area contributed by atoms with Crippen LogP contribution >= 0.6 is 23.2 Å². The first-order valence-corrected chi connectivity index (χ1v) is 10.9. The molecule has 0 unspecified atom stereocenters. The molecule has 0 fully saturated rings. The molecule has 0 spiro atoms. The molecule has 0 bridgehead atoms. The third-order valence-corrected chi connectivity index (χ3v) is 5.60. The highest BCUT2D eigenvalue weighted by atomic mass is 35.5. The summed E-state index contributed by atoms with van der Waals surface area (Å²) in [5, 5.41) is 3.74. The van der Waals surface area contributed by atoms with Crippen LogP contribution in [0.2, 0.25) is 10.0 Å². The molecule has 4 rings (SSSR count). The number of para-hydroxylation sites is 1. The molecule has 4 aromatic rings. The van der Waals surface area contributed by atoms with Crippen LogP contribution in [0.3, 0.4) is 0 Å². The van der Waals surface area contributed by atoms with Crippen molar-refractivity contribution < 1.29 is 14.0 Å². The predicted octanol–water partition coefficient (Wildman–Crippen LogP) is 6.78. The molecule has 0 atom stereocenters. The van der Waals surface area contributed by atoms with Gasteiger partial charge in [-0.1, -0.05) is 65.7 Å². The zero-order chi connectivity index (χ0) is 23.4. The molecular weight excluding hydrogens is 459 g/mol. The molecule has 0 aliphatic carbocycles. The Morgan fingerprint density at radius 2 is 1.64 bits per heavy atom. The quantitative estimate of drug-likeness (QED) is 0.332. The molecule has 2 amide bonds. The summed E-state index contributed by atoms with van der Waals surface area (Å²) in [6, 6.07) is 24.8. The molecule has 166 valence electrons. The fourth-order valence-electron chi connectivity index (χ4n) is 3.39. The fourth-order valence-corrected chi connectivity index (χ4v) is 3.77. The molecule has 0 aliphatic rings. The maximum atomic E-state index is 13.1. The average molecular weight is 479 g/mol. The number of hydrogen-bond donors (Lipinski definition) is 1. The number of anilines is 1. The molecule has 0 saturated carbocycles. The number of nitrogens with one attached hydrogen (secondary N) is 1. The van der Waals surface area contributed by atoms with Crippen LogP contribution in [0.25, 0.3) is 11.3 Å². The highest BCUT2D eigenvalue weighted by Crippen LogP contribution is 2.32. The molecule has 0 saturated heterocycles. The maximum Gasteiger partial charge on any atom is 0.291 e. The van der Waals surface area contributed by atoms with Crippen molar-refractivity contribution in [1.82, 2.24) is 4.90 Å². The van der Waals surface area contributed by atoms with Gasteiger partial charge in [0.15, 0.2) is 5.76 Å². The van der Waals surface area contributed by atoms with E-state index in [0.717, 1.165) is 5.56 Å². The second-order valence-corrected chi connectivity index (χ2v) is 8.28. The van der Waals surface area contributed by atoms with Crippen molar-refractivity contribution in [2.45, 2.75) is 6.54 Å². The van der Waals surface area contributed by atoms with Crippen LogP contribution in [-0.4, -0.2) is 23.8 Å². The molecule has 1 aromatic heterocycles. The van der Waals surface area contributed by atoms with E-state index in [2.05, 4.69) is 5.32 Å². The SMILES string of the molecule is CN(Cc1ccccc1)C(=O)c1ccccc1NC(=O)c1ccc(-c2cc(Cl)ccc2Cl)o1. The molecule has 1 N–H and O–H groups in total. The van der Waals surface area contributed by atoms with Gasteiger partial charge in [-0.05, 0) is 48.0 Å². The molecule has 7 heteroatoms. The van der Waals surface area contributed by atoms with Gasteiger partial charge in [0.25, 0.3) is 11.8 Å². The van der Waals surface area contributed by atoms with Crippen LogP contribution in [0, 0.1) is 0 Å². The van der Waals surface area contributed by atoms with E-state index in [4.69, 9.17) is 27.6 Å². The molecule has 5 nitrogen and oxygen atoms in total. The van der Waals surface area contributed by atoms with Gasteiger partial charge in [0.1, 0.15) is 5.76 Å². The Hall–Kier alpha value is -3.54. The third-order valence-electron chi connectivity index (χ3n) is 5.04. The van der Waals surface area contributed by atoms with E-state index >= 15 is 0 Å². The number of nitrogens with zero attached hydrogens (tertiary/aromatic N) is 1. The second-order valence-electron chi connectivity index (χ2n) is 7.43. The van der Waals surface area contributed by atoms with Crippen molar-refractivity contribution in [2.24, 2.45) is 0 Å². The molecular formula is C26H20Cl2N2O3. The minimum Gasteiger partial charge on any atom is -0.451 e. The van der Waals surface area contributed by atoms with E-state index in [0.29, 0.717) is 39.2 Å². The van der Waals surface area contributed by atoms with E-state index < -0.39 is 5.91 Å². The summed E-state index contributed by atoms with van der Waals surface area (Å²) in [6.45, 7) is 0.448. The van der Waals surface area contributed by atoms with Crippen molar-refractivity contribution in [2.75, 3.05) is 12.4 Å². The number of benzene rings is 3.